The zero-order valence-electron chi connectivity index (χ0n) is 14.8. The molecule has 0 radical (unpaired) electrons. The molecule has 0 unspecified atom stereocenters. The Morgan fingerprint density at radius 1 is 0.926 bits per heavy atom. The number of carbonyl (C=O) groups excluding carboxylic acids is 1. The van der Waals surface area contributed by atoms with Gasteiger partial charge < -0.3 is 9.47 Å². The molecule has 0 aromatic heterocycles. The van der Waals surface area contributed by atoms with Gasteiger partial charge in [-0.25, -0.2) is 4.79 Å². The lowest BCUT2D eigenvalue weighted by atomic mass is 10.0. The first-order chi connectivity index (χ1) is 13.2. The summed E-state index contributed by atoms with van der Waals surface area (Å²) in [5, 5.41) is 8.61. The largest absolute Gasteiger partial charge is 0.493 e. The van der Waals surface area contributed by atoms with Gasteiger partial charge in [0.1, 0.15) is 0 Å². The number of benzene rings is 3. The van der Waals surface area contributed by atoms with Crippen molar-refractivity contribution in [3.05, 3.63) is 90.0 Å². The second-order valence-electron chi connectivity index (χ2n) is 5.71. The summed E-state index contributed by atoms with van der Waals surface area (Å²) < 4.78 is 10.8. The van der Waals surface area contributed by atoms with Crippen LogP contribution in [-0.2, 0) is 0 Å². The van der Waals surface area contributed by atoms with E-state index in [2.05, 4.69) is 0 Å². The number of allylic oxidation sites excluding steroid dienone is 1. The van der Waals surface area contributed by atoms with Gasteiger partial charge in [0.2, 0.25) is 0 Å². The summed E-state index contributed by atoms with van der Waals surface area (Å²) in [5.41, 5.74) is 3.34. The van der Waals surface area contributed by atoms with E-state index in [1.54, 1.807) is 36.4 Å². The molecule has 0 aliphatic carbocycles. The number of methoxy groups -OCH3 is 1. The van der Waals surface area contributed by atoms with E-state index in [1.165, 1.54) is 13.2 Å². The van der Waals surface area contributed by atoms with E-state index >= 15 is 0 Å². The van der Waals surface area contributed by atoms with Crippen LogP contribution in [0.1, 0.15) is 15.9 Å². The maximum Gasteiger partial charge on any atom is 0.343 e. The third-order valence-corrected chi connectivity index (χ3v) is 3.97. The van der Waals surface area contributed by atoms with E-state index in [-0.39, 0.29) is 0 Å². The lowest BCUT2D eigenvalue weighted by Crippen LogP contribution is -2.09. The highest BCUT2D eigenvalue weighted by molar-refractivity contribution is 5.92. The molecule has 4 nitrogen and oxygen atoms in total. The molecular formula is C23H17NO3. The topological polar surface area (TPSA) is 59.3 Å². The molecule has 0 aliphatic heterocycles. The van der Waals surface area contributed by atoms with Crippen LogP contribution in [0.5, 0.6) is 11.5 Å². The van der Waals surface area contributed by atoms with Crippen LogP contribution in [0.25, 0.3) is 17.2 Å². The van der Waals surface area contributed by atoms with Crippen LogP contribution in [0.15, 0.2) is 78.9 Å². The monoisotopic (exact) mass is 355 g/mol. The summed E-state index contributed by atoms with van der Waals surface area (Å²) in [5.74, 6) is 0.279. The summed E-state index contributed by atoms with van der Waals surface area (Å²) in [6, 6.07) is 24.2. The van der Waals surface area contributed by atoms with E-state index in [4.69, 9.17) is 14.7 Å². The van der Waals surface area contributed by atoms with E-state index in [0.717, 1.165) is 16.7 Å². The van der Waals surface area contributed by atoms with Crippen LogP contribution in [-0.4, -0.2) is 13.1 Å². The van der Waals surface area contributed by atoms with Gasteiger partial charge in [0.25, 0.3) is 0 Å². The summed E-state index contributed by atoms with van der Waals surface area (Å²) in [4.78, 5) is 12.5. The summed E-state index contributed by atoms with van der Waals surface area (Å²) in [6.07, 6.45) is 3.02. The molecule has 0 saturated carbocycles. The minimum absolute atomic E-state index is 0.323. The van der Waals surface area contributed by atoms with Crippen LogP contribution < -0.4 is 9.47 Å². The Labute approximate surface area is 157 Å². The van der Waals surface area contributed by atoms with Gasteiger partial charge >= 0.3 is 5.97 Å². The first kappa shape index (κ1) is 18.0. The third-order valence-electron chi connectivity index (χ3n) is 3.97. The number of hydrogen-bond acceptors (Lipinski definition) is 4. The van der Waals surface area contributed by atoms with Gasteiger partial charge in [-0.1, -0.05) is 48.5 Å². The van der Waals surface area contributed by atoms with Crippen molar-refractivity contribution in [2.45, 2.75) is 0 Å². The number of esters is 1. The highest BCUT2D eigenvalue weighted by Crippen LogP contribution is 2.29. The molecule has 0 spiro atoms. The molecule has 27 heavy (non-hydrogen) atoms. The molecule has 0 amide bonds. The fourth-order valence-electron chi connectivity index (χ4n) is 2.59. The van der Waals surface area contributed by atoms with Crippen molar-refractivity contribution in [1.82, 2.24) is 0 Å². The number of nitrogens with zero attached hydrogens (tertiary/aromatic N) is 1. The molecule has 3 aromatic rings. The predicted octanol–water partition coefficient (Wildman–Crippen LogP) is 5.12. The van der Waals surface area contributed by atoms with Crippen molar-refractivity contribution in [1.29, 1.82) is 5.26 Å². The quantitative estimate of drug-likeness (QED) is 0.362. The lowest BCUT2D eigenvalue weighted by molar-refractivity contribution is 0.0729. The Kier molecular flexibility index (Phi) is 5.66. The molecular weight excluding hydrogens is 338 g/mol. The molecule has 0 fully saturated rings. The predicted molar refractivity (Wildman–Crippen MR) is 104 cm³/mol. The van der Waals surface area contributed by atoms with Gasteiger partial charge in [-0.2, -0.15) is 5.26 Å². The van der Waals surface area contributed by atoms with Crippen molar-refractivity contribution in [2.24, 2.45) is 0 Å². The molecule has 132 valence electrons. The number of rotatable bonds is 5. The maximum absolute atomic E-state index is 12.5. The van der Waals surface area contributed by atoms with Gasteiger partial charge in [-0.05, 0) is 47.0 Å². The van der Waals surface area contributed by atoms with Crippen LogP contribution in [0.3, 0.4) is 0 Å². The summed E-state index contributed by atoms with van der Waals surface area (Å²) in [7, 11) is 1.50. The minimum atomic E-state index is -0.465. The Morgan fingerprint density at radius 3 is 2.30 bits per heavy atom. The molecule has 0 heterocycles. The molecule has 0 saturated heterocycles. The summed E-state index contributed by atoms with van der Waals surface area (Å²) >= 11 is 0. The van der Waals surface area contributed by atoms with Crippen molar-refractivity contribution in [3.63, 3.8) is 0 Å². The third kappa shape index (κ3) is 4.42. The Hall–Kier alpha value is -3.84. The van der Waals surface area contributed by atoms with Gasteiger partial charge in [-0.3, -0.25) is 0 Å². The average Bonchev–Trinajstić information content (AvgIpc) is 2.73. The molecule has 0 N–H and O–H groups in total. The van der Waals surface area contributed by atoms with Gasteiger partial charge in [0.05, 0.1) is 18.7 Å². The smallest absolute Gasteiger partial charge is 0.343 e. The van der Waals surface area contributed by atoms with Gasteiger partial charge in [0.15, 0.2) is 11.5 Å². The SMILES string of the molecule is COc1cc(/C=C\C#N)ccc1OC(=O)c1ccc(-c2ccccc2)cc1. The Morgan fingerprint density at radius 2 is 1.63 bits per heavy atom. The number of carbonyl (C=O) groups is 1. The average molecular weight is 355 g/mol. The van der Waals surface area contributed by atoms with Crippen molar-refractivity contribution < 1.29 is 14.3 Å². The highest BCUT2D eigenvalue weighted by atomic mass is 16.6. The maximum atomic E-state index is 12.5. The van der Waals surface area contributed by atoms with E-state index in [0.29, 0.717) is 17.1 Å². The van der Waals surface area contributed by atoms with Crippen LogP contribution >= 0.6 is 0 Å². The highest BCUT2D eigenvalue weighted by Gasteiger charge is 2.13. The fraction of sp³-hybridized carbons (Fsp3) is 0.0435. The van der Waals surface area contributed by atoms with Crippen LogP contribution in [0.4, 0.5) is 0 Å². The molecule has 0 aliphatic rings. The first-order valence-corrected chi connectivity index (χ1v) is 8.33. The molecule has 3 rings (SSSR count). The van der Waals surface area contributed by atoms with Gasteiger partial charge in [0, 0.05) is 6.08 Å². The first-order valence-electron chi connectivity index (χ1n) is 8.33. The zero-order chi connectivity index (χ0) is 19.1. The van der Waals surface area contributed by atoms with Crippen LogP contribution in [0.2, 0.25) is 0 Å². The number of nitriles is 1. The second kappa shape index (κ2) is 8.50. The van der Waals surface area contributed by atoms with Crippen molar-refractivity contribution in [3.8, 4) is 28.7 Å². The number of hydrogen-bond donors (Lipinski definition) is 0. The summed E-state index contributed by atoms with van der Waals surface area (Å²) in [6.45, 7) is 0. The normalized spacial score (nSPS) is 10.4. The van der Waals surface area contributed by atoms with Crippen molar-refractivity contribution >= 4 is 12.0 Å². The van der Waals surface area contributed by atoms with E-state index in [1.807, 2.05) is 48.5 Å². The molecule has 0 atom stereocenters. The Balaban J connectivity index is 1.77. The standard InChI is InChI=1S/C23H17NO3/c1-26-22-16-17(6-5-15-24)9-14-21(22)27-23(25)20-12-10-19(11-13-20)18-7-3-2-4-8-18/h2-14,16H,1H3/b6-5-. The Bertz CT molecular complexity index is 1000. The fourth-order valence-corrected chi connectivity index (χ4v) is 2.59. The molecule has 4 heteroatoms. The zero-order valence-corrected chi connectivity index (χ0v) is 14.8. The molecule has 0 bridgehead atoms. The molecule has 3 aromatic carbocycles. The minimum Gasteiger partial charge on any atom is -0.493 e. The second-order valence-corrected chi connectivity index (χ2v) is 5.71. The van der Waals surface area contributed by atoms with Gasteiger partial charge in [-0.15, -0.1) is 0 Å². The lowest BCUT2D eigenvalue weighted by Gasteiger charge is -2.10. The van der Waals surface area contributed by atoms with E-state index < -0.39 is 5.97 Å². The van der Waals surface area contributed by atoms with Crippen molar-refractivity contribution in [2.75, 3.05) is 7.11 Å². The van der Waals surface area contributed by atoms with E-state index in [9.17, 15) is 4.79 Å². The number of ether oxygens (including phenoxy) is 2. The van der Waals surface area contributed by atoms with Crippen LogP contribution in [0, 0.1) is 11.3 Å².